The van der Waals surface area contributed by atoms with E-state index in [9.17, 15) is 8.42 Å². The van der Waals surface area contributed by atoms with E-state index < -0.39 is 16.1 Å². The lowest BCUT2D eigenvalue weighted by Gasteiger charge is -2.09. The second kappa shape index (κ2) is 7.20. The van der Waals surface area contributed by atoms with E-state index >= 15 is 0 Å². The summed E-state index contributed by atoms with van der Waals surface area (Å²) in [5, 5.41) is 11.9. The number of rotatable bonds is 7. The molecule has 1 unspecified atom stereocenters. The van der Waals surface area contributed by atoms with Crippen LogP contribution in [0.1, 0.15) is 6.92 Å². The molecule has 0 heterocycles. The molecule has 0 amide bonds. The smallest absolute Gasteiger partial charge is 0.240 e. The molecule has 0 spiro atoms. The summed E-state index contributed by atoms with van der Waals surface area (Å²) in [4.78, 5) is 0.237. The maximum Gasteiger partial charge on any atom is 0.240 e. The lowest BCUT2D eigenvalue weighted by Crippen LogP contribution is -2.34. The summed E-state index contributed by atoms with van der Waals surface area (Å²) in [5.74, 6) is 0. The third kappa shape index (κ3) is 5.45. The normalized spacial score (nSPS) is 13.5. The first-order valence-electron chi connectivity index (χ1n) is 5.56. The number of nitrogens with one attached hydrogen (secondary N) is 2. The molecule has 0 saturated carbocycles. The van der Waals surface area contributed by atoms with Crippen LogP contribution in [0.15, 0.2) is 33.6 Å². The van der Waals surface area contributed by atoms with Crippen molar-refractivity contribution in [1.29, 1.82) is 0 Å². The predicted molar refractivity (Wildman–Crippen MR) is 73.9 cm³/mol. The van der Waals surface area contributed by atoms with Crippen molar-refractivity contribution in [3.63, 3.8) is 0 Å². The van der Waals surface area contributed by atoms with Gasteiger partial charge in [-0.25, -0.2) is 13.1 Å². The quantitative estimate of drug-likeness (QED) is 0.640. The monoisotopic (exact) mass is 336 g/mol. The Bertz CT molecular complexity index is 460. The van der Waals surface area contributed by atoms with Gasteiger partial charge < -0.3 is 10.4 Å². The zero-order chi connectivity index (χ0) is 13.6. The largest absolute Gasteiger partial charge is 0.392 e. The standard InChI is InChI=1S/C11H17BrN2O3S/c1-9(15)8-13-6-7-14-18(16,17)11-4-2-10(12)3-5-11/h2-5,9,13-15H,6-8H2,1H3. The number of sulfonamides is 1. The van der Waals surface area contributed by atoms with E-state index in [4.69, 9.17) is 5.11 Å². The minimum atomic E-state index is -3.45. The van der Waals surface area contributed by atoms with Crippen LogP contribution in [-0.4, -0.2) is 39.3 Å². The van der Waals surface area contributed by atoms with Gasteiger partial charge in [-0.3, -0.25) is 0 Å². The van der Waals surface area contributed by atoms with Crippen LogP contribution in [0.25, 0.3) is 0 Å². The number of benzene rings is 1. The molecule has 0 saturated heterocycles. The molecule has 1 aromatic carbocycles. The van der Waals surface area contributed by atoms with Gasteiger partial charge in [-0.2, -0.15) is 0 Å². The lowest BCUT2D eigenvalue weighted by molar-refractivity contribution is 0.192. The Morgan fingerprint density at radius 1 is 1.28 bits per heavy atom. The van der Waals surface area contributed by atoms with Gasteiger partial charge in [-0.05, 0) is 31.2 Å². The highest BCUT2D eigenvalue weighted by Crippen LogP contribution is 2.14. The summed E-state index contributed by atoms with van der Waals surface area (Å²) in [6, 6.07) is 6.44. The van der Waals surface area contributed by atoms with Gasteiger partial charge in [0.2, 0.25) is 10.0 Å². The molecule has 0 aromatic heterocycles. The van der Waals surface area contributed by atoms with Crippen molar-refractivity contribution in [2.75, 3.05) is 19.6 Å². The van der Waals surface area contributed by atoms with Crippen LogP contribution in [-0.2, 0) is 10.0 Å². The summed E-state index contributed by atoms with van der Waals surface area (Å²) in [5.41, 5.74) is 0. The highest BCUT2D eigenvalue weighted by Gasteiger charge is 2.12. The average molecular weight is 337 g/mol. The fourth-order valence-electron chi connectivity index (χ4n) is 1.28. The van der Waals surface area contributed by atoms with Crippen molar-refractivity contribution in [2.24, 2.45) is 0 Å². The van der Waals surface area contributed by atoms with Crippen molar-refractivity contribution in [3.05, 3.63) is 28.7 Å². The van der Waals surface area contributed by atoms with Crippen molar-refractivity contribution in [1.82, 2.24) is 10.0 Å². The Kier molecular flexibility index (Phi) is 6.24. The Labute approximate surface area is 116 Å². The summed E-state index contributed by atoms with van der Waals surface area (Å²) in [6.07, 6.45) is -0.437. The molecule has 0 aliphatic rings. The van der Waals surface area contributed by atoms with E-state index in [0.29, 0.717) is 13.1 Å². The van der Waals surface area contributed by atoms with E-state index in [2.05, 4.69) is 26.0 Å². The second-order valence-electron chi connectivity index (χ2n) is 3.90. The molecule has 0 bridgehead atoms. The molecule has 1 atom stereocenters. The highest BCUT2D eigenvalue weighted by molar-refractivity contribution is 9.10. The van der Waals surface area contributed by atoms with Gasteiger partial charge in [-0.1, -0.05) is 15.9 Å². The molecular formula is C11H17BrN2O3S. The van der Waals surface area contributed by atoms with E-state index in [1.54, 1.807) is 19.1 Å². The molecule has 0 aliphatic carbocycles. The summed E-state index contributed by atoms with van der Waals surface area (Å²) < 4.78 is 27.0. The fraction of sp³-hybridized carbons (Fsp3) is 0.455. The van der Waals surface area contributed by atoms with Crippen LogP contribution >= 0.6 is 15.9 Å². The first kappa shape index (κ1) is 15.6. The number of aliphatic hydroxyl groups is 1. The zero-order valence-electron chi connectivity index (χ0n) is 10.1. The Morgan fingerprint density at radius 3 is 2.44 bits per heavy atom. The molecule has 0 radical (unpaired) electrons. The lowest BCUT2D eigenvalue weighted by atomic mass is 10.4. The van der Waals surface area contributed by atoms with Crippen LogP contribution in [0.3, 0.4) is 0 Å². The molecule has 5 nitrogen and oxygen atoms in total. The van der Waals surface area contributed by atoms with Gasteiger partial charge in [0, 0.05) is 24.1 Å². The van der Waals surface area contributed by atoms with Crippen LogP contribution in [0, 0.1) is 0 Å². The molecule has 0 fully saturated rings. The molecule has 1 rings (SSSR count). The molecule has 3 N–H and O–H groups in total. The van der Waals surface area contributed by atoms with E-state index in [1.165, 1.54) is 12.1 Å². The molecule has 1 aromatic rings. The van der Waals surface area contributed by atoms with Gasteiger partial charge in [0.1, 0.15) is 0 Å². The first-order valence-corrected chi connectivity index (χ1v) is 7.83. The number of halogens is 1. The highest BCUT2D eigenvalue weighted by atomic mass is 79.9. The second-order valence-corrected chi connectivity index (χ2v) is 6.59. The minimum Gasteiger partial charge on any atom is -0.392 e. The number of hydrogen-bond donors (Lipinski definition) is 3. The van der Waals surface area contributed by atoms with Crippen molar-refractivity contribution in [3.8, 4) is 0 Å². The van der Waals surface area contributed by atoms with Gasteiger partial charge in [0.15, 0.2) is 0 Å². The Morgan fingerprint density at radius 2 is 1.89 bits per heavy atom. The van der Waals surface area contributed by atoms with E-state index in [1.807, 2.05) is 0 Å². The van der Waals surface area contributed by atoms with E-state index in [-0.39, 0.29) is 11.4 Å². The average Bonchev–Trinajstić information content (AvgIpc) is 2.28. The van der Waals surface area contributed by atoms with Crippen LogP contribution in [0.4, 0.5) is 0 Å². The van der Waals surface area contributed by atoms with Gasteiger partial charge in [0.25, 0.3) is 0 Å². The summed E-state index contributed by atoms with van der Waals surface area (Å²) in [6.45, 7) is 2.87. The first-order chi connectivity index (χ1) is 8.42. The van der Waals surface area contributed by atoms with Crippen LogP contribution in [0.2, 0.25) is 0 Å². The predicted octanol–water partition coefficient (Wildman–Crippen LogP) is 0.698. The topological polar surface area (TPSA) is 78.4 Å². The van der Waals surface area contributed by atoms with Crippen LogP contribution < -0.4 is 10.0 Å². The SMILES string of the molecule is CC(O)CNCCNS(=O)(=O)c1ccc(Br)cc1. The molecule has 7 heteroatoms. The Hall–Kier alpha value is -0.470. The summed E-state index contributed by atoms with van der Waals surface area (Å²) >= 11 is 3.25. The number of hydrogen-bond acceptors (Lipinski definition) is 4. The Balaban J connectivity index is 2.43. The maximum absolute atomic E-state index is 11.8. The molecular weight excluding hydrogens is 320 g/mol. The van der Waals surface area contributed by atoms with E-state index in [0.717, 1.165) is 4.47 Å². The maximum atomic E-state index is 11.8. The molecule has 102 valence electrons. The zero-order valence-corrected chi connectivity index (χ0v) is 12.5. The van der Waals surface area contributed by atoms with Crippen LogP contribution in [0.5, 0.6) is 0 Å². The number of aliphatic hydroxyl groups excluding tert-OH is 1. The van der Waals surface area contributed by atoms with Crippen molar-refractivity contribution < 1.29 is 13.5 Å². The molecule has 0 aliphatic heterocycles. The van der Waals surface area contributed by atoms with Gasteiger partial charge in [0.05, 0.1) is 11.0 Å². The van der Waals surface area contributed by atoms with Gasteiger partial charge in [-0.15, -0.1) is 0 Å². The fourth-order valence-corrected chi connectivity index (χ4v) is 2.58. The minimum absolute atomic E-state index is 0.237. The third-order valence-electron chi connectivity index (χ3n) is 2.16. The third-order valence-corrected chi connectivity index (χ3v) is 4.16. The summed E-state index contributed by atoms with van der Waals surface area (Å²) in [7, 11) is -3.45. The molecule has 18 heavy (non-hydrogen) atoms. The van der Waals surface area contributed by atoms with Gasteiger partial charge >= 0.3 is 0 Å². The van der Waals surface area contributed by atoms with Crippen molar-refractivity contribution >= 4 is 26.0 Å². The van der Waals surface area contributed by atoms with Crippen molar-refractivity contribution in [2.45, 2.75) is 17.9 Å².